The third-order valence-corrected chi connectivity index (χ3v) is 3.98. The Bertz CT molecular complexity index is 905. The molecule has 0 atom stereocenters. The SMILES string of the molecule is CCONC(=O)c1cc(-c2ccccc2Cl)nn1-c1cccc(C)c1. The van der Waals surface area contributed by atoms with Crippen LogP contribution in [0.1, 0.15) is 23.0 Å². The number of hydrogen-bond acceptors (Lipinski definition) is 3. The van der Waals surface area contributed by atoms with Crippen molar-refractivity contribution >= 4 is 17.5 Å². The molecule has 0 spiro atoms. The van der Waals surface area contributed by atoms with E-state index in [1.807, 2.05) is 49.4 Å². The highest BCUT2D eigenvalue weighted by atomic mass is 35.5. The minimum absolute atomic E-state index is 0.367. The molecule has 1 heterocycles. The summed E-state index contributed by atoms with van der Waals surface area (Å²) in [6.45, 7) is 4.16. The first-order valence-electron chi connectivity index (χ1n) is 7.94. The van der Waals surface area contributed by atoms with Crippen LogP contribution in [0.5, 0.6) is 0 Å². The van der Waals surface area contributed by atoms with E-state index in [2.05, 4.69) is 10.6 Å². The number of aromatic nitrogens is 2. The fraction of sp³-hybridized carbons (Fsp3) is 0.158. The fourth-order valence-electron chi connectivity index (χ4n) is 2.49. The van der Waals surface area contributed by atoms with E-state index in [1.165, 1.54) is 0 Å². The Kier molecular flexibility index (Phi) is 5.16. The first-order chi connectivity index (χ1) is 12.1. The number of rotatable bonds is 5. The zero-order valence-electron chi connectivity index (χ0n) is 14.0. The van der Waals surface area contributed by atoms with E-state index in [0.29, 0.717) is 23.0 Å². The molecule has 25 heavy (non-hydrogen) atoms. The molecule has 0 aliphatic carbocycles. The summed E-state index contributed by atoms with van der Waals surface area (Å²) < 4.78 is 1.60. The number of nitrogens with zero attached hydrogens (tertiary/aromatic N) is 2. The van der Waals surface area contributed by atoms with Crippen LogP contribution in [0.15, 0.2) is 54.6 Å². The second kappa shape index (κ2) is 7.51. The third kappa shape index (κ3) is 3.73. The van der Waals surface area contributed by atoms with E-state index >= 15 is 0 Å². The predicted octanol–water partition coefficient (Wildman–Crippen LogP) is 4.18. The monoisotopic (exact) mass is 355 g/mol. The van der Waals surface area contributed by atoms with Gasteiger partial charge in [0.1, 0.15) is 5.69 Å². The van der Waals surface area contributed by atoms with Gasteiger partial charge in [-0.3, -0.25) is 9.63 Å². The minimum atomic E-state index is -0.367. The second-order valence-electron chi connectivity index (χ2n) is 5.51. The third-order valence-electron chi connectivity index (χ3n) is 3.65. The van der Waals surface area contributed by atoms with Crippen LogP contribution in [0.25, 0.3) is 16.9 Å². The topological polar surface area (TPSA) is 56.1 Å². The van der Waals surface area contributed by atoms with Crippen molar-refractivity contribution in [1.82, 2.24) is 15.3 Å². The summed E-state index contributed by atoms with van der Waals surface area (Å²) in [7, 11) is 0. The van der Waals surface area contributed by atoms with Crippen molar-refractivity contribution in [3.05, 3.63) is 70.9 Å². The van der Waals surface area contributed by atoms with Gasteiger partial charge in [-0.1, -0.05) is 41.9 Å². The molecular formula is C19H18ClN3O2. The number of hydroxylamine groups is 1. The largest absolute Gasteiger partial charge is 0.293 e. The maximum Gasteiger partial charge on any atom is 0.293 e. The fourth-order valence-corrected chi connectivity index (χ4v) is 2.72. The van der Waals surface area contributed by atoms with E-state index in [4.69, 9.17) is 16.4 Å². The van der Waals surface area contributed by atoms with Crippen molar-refractivity contribution in [3.8, 4) is 16.9 Å². The number of hydrogen-bond donors (Lipinski definition) is 1. The molecule has 3 rings (SSSR count). The van der Waals surface area contributed by atoms with E-state index in [0.717, 1.165) is 16.8 Å². The van der Waals surface area contributed by atoms with Crippen molar-refractivity contribution in [1.29, 1.82) is 0 Å². The highest BCUT2D eigenvalue weighted by molar-refractivity contribution is 6.33. The molecule has 0 fully saturated rings. The molecule has 5 nitrogen and oxygen atoms in total. The molecule has 0 aliphatic heterocycles. The lowest BCUT2D eigenvalue weighted by Crippen LogP contribution is -2.26. The number of benzene rings is 2. The van der Waals surface area contributed by atoms with Gasteiger partial charge in [0.05, 0.1) is 23.0 Å². The standard InChI is InChI=1S/C19H18ClN3O2/c1-3-25-22-19(24)18-12-17(15-9-4-5-10-16(15)20)21-23(18)14-8-6-7-13(2)11-14/h4-12H,3H2,1-2H3,(H,22,24). The van der Waals surface area contributed by atoms with E-state index in [9.17, 15) is 4.79 Å². The maximum absolute atomic E-state index is 12.5. The molecule has 0 saturated carbocycles. The van der Waals surface area contributed by atoms with Crippen molar-refractivity contribution < 1.29 is 9.63 Å². The van der Waals surface area contributed by atoms with Crippen LogP contribution >= 0.6 is 11.6 Å². The summed E-state index contributed by atoms with van der Waals surface area (Å²) in [6.07, 6.45) is 0. The molecule has 1 aromatic heterocycles. The lowest BCUT2D eigenvalue weighted by atomic mass is 10.1. The Morgan fingerprint density at radius 3 is 2.72 bits per heavy atom. The summed E-state index contributed by atoms with van der Waals surface area (Å²) in [5.74, 6) is -0.367. The quantitative estimate of drug-likeness (QED) is 0.698. The molecule has 3 aromatic rings. The molecule has 0 aliphatic rings. The van der Waals surface area contributed by atoms with Crippen LogP contribution in [0.2, 0.25) is 5.02 Å². The van der Waals surface area contributed by atoms with Gasteiger partial charge in [0.2, 0.25) is 0 Å². The molecular weight excluding hydrogens is 338 g/mol. The summed E-state index contributed by atoms with van der Waals surface area (Å²) in [6, 6.07) is 16.9. The van der Waals surface area contributed by atoms with Gasteiger partial charge in [-0.05, 0) is 43.7 Å². The second-order valence-corrected chi connectivity index (χ2v) is 5.92. The van der Waals surface area contributed by atoms with Crippen molar-refractivity contribution in [2.24, 2.45) is 0 Å². The van der Waals surface area contributed by atoms with Gasteiger partial charge in [0, 0.05) is 5.56 Å². The predicted molar refractivity (Wildman–Crippen MR) is 97.8 cm³/mol. The number of aryl methyl sites for hydroxylation is 1. The van der Waals surface area contributed by atoms with Crippen LogP contribution in [0, 0.1) is 6.92 Å². The van der Waals surface area contributed by atoms with Gasteiger partial charge in [0.15, 0.2) is 0 Å². The van der Waals surface area contributed by atoms with Gasteiger partial charge in [-0.15, -0.1) is 0 Å². The molecule has 0 unspecified atom stereocenters. The first-order valence-corrected chi connectivity index (χ1v) is 8.32. The van der Waals surface area contributed by atoms with E-state index in [1.54, 1.807) is 23.7 Å². The van der Waals surface area contributed by atoms with E-state index < -0.39 is 0 Å². The molecule has 1 N–H and O–H groups in total. The highest BCUT2D eigenvalue weighted by Gasteiger charge is 2.19. The molecule has 0 bridgehead atoms. The summed E-state index contributed by atoms with van der Waals surface area (Å²) >= 11 is 6.28. The highest BCUT2D eigenvalue weighted by Crippen LogP contribution is 2.28. The van der Waals surface area contributed by atoms with Crippen molar-refractivity contribution in [2.75, 3.05) is 6.61 Å². The van der Waals surface area contributed by atoms with Crippen LogP contribution in [0.3, 0.4) is 0 Å². The van der Waals surface area contributed by atoms with Crippen molar-refractivity contribution in [3.63, 3.8) is 0 Å². The molecule has 0 radical (unpaired) electrons. The number of carbonyl (C=O) groups excluding carboxylic acids is 1. The number of carbonyl (C=O) groups is 1. The number of nitrogens with one attached hydrogen (secondary N) is 1. The van der Waals surface area contributed by atoms with Crippen LogP contribution in [-0.2, 0) is 4.84 Å². The van der Waals surface area contributed by atoms with Crippen LogP contribution in [-0.4, -0.2) is 22.3 Å². The Balaban J connectivity index is 2.11. The molecule has 0 saturated heterocycles. The molecule has 2 aromatic carbocycles. The van der Waals surface area contributed by atoms with Gasteiger partial charge in [-0.25, -0.2) is 10.2 Å². The summed E-state index contributed by atoms with van der Waals surface area (Å²) in [5.41, 5.74) is 6.04. The average Bonchev–Trinajstić information content (AvgIpc) is 3.05. The maximum atomic E-state index is 12.5. The van der Waals surface area contributed by atoms with Gasteiger partial charge in [-0.2, -0.15) is 5.10 Å². The Morgan fingerprint density at radius 1 is 1.20 bits per heavy atom. The van der Waals surface area contributed by atoms with Crippen LogP contribution in [0.4, 0.5) is 0 Å². The van der Waals surface area contributed by atoms with Crippen LogP contribution < -0.4 is 5.48 Å². The first kappa shape index (κ1) is 17.2. The molecule has 1 amide bonds. The normalized spacial score (nSPS) is 10.7. The number of amides is 1. The lowest BCUT2D eigenvalue weighted by molar-refractivity contribution is 0.0357. The minimum Gasteiger partial charge on any atom is -0.274 e. The summed E-state index contributed by atoms with van der Waals surface area (Å²) in [5, 5.41) is 5.17. The van der Waals surface area contributed by atoms with Crippen molar-refractivity contribution in [2.45, 2.75) is 13.8 Å². The zero-order valence-corrected chi connectivity index (χ0v) is 14.7. The van der Waals surface area contributed by atoms with Gasteiger partial charge in [0.25, 0.3) is 5.91 Å². The zero-order chi connectivity index (χ0) is 17.8. The van der Waals surface area contributed by atoms with Gasteiger partial charge < -0.3 is 0 Å². The number of halogens is 1. The average molecular weight is 356 g/mol. The smallest absolute Gasteiger partial charge is 0.274 e. The van der Waals surface area contributed by atoms with Gasteiger partial charge >= 0.3 is 0 Å². The molecule has 128 valence electrons. The Labute approximate surface area is 151 Å². The lowest BCUT2D eigenvalue weighted by Gasteiger charge is -2.08. The van der Waals surface area contributed by atoms with E-state index in [-0.39, 0.29) is 5.91 Å². The Hall–Kier alpha value is -2.63. The summed E-state index contributed by atoms with van der Waals surface area (Å²) in [4.78, 5) is 17.5. The molecule has 6 heteroatoms. The Morgan fingerprint density at radius 2 is 2.00 bits per heavy atom.